The molecule has 1 aliphatic rings. The average Bonchev–Trinajstić information content (AvgIpc) is 3.16. The van der Waals surface area contributed by atoms with Crippen molar-refractivity contribution >= 4 is 50.6 Å². The van der Waals surface area contributed by atoms with E-state index in [0.717, 1.165) is 4.88 Å². The molecule has 1 aliphatic heterocycles. The van der Waals surface area contributed by atoms with Crippen LogP contribution in [-0.4, -0.2) is 56.8 Å². The van der Waals surface area contributed by atoms with Crippen molar-refractivity contribution in [3.05, 3.63) is 51.7 Å². The van der Waals surface area contributed by atoms with Gasteiger partial charge in [0, 0.05) is 37.1 Å². The van der Waals surface area contributed by atoms with E-state index in [2.05, 4.69) is 10.2 Å². The van der Waals surface area contributed by atoms with Gasteiger partial charge >= 0.3 is 0 Å². The maximum absolute atomic E-state index is 12.9. The van der Waals surface area contributed by atoms with E-state index in [1.165, 1.54) is 39.9 Å². The van der Waals surface area contributed by atoms with Crippen LogP contribution in [0.2, 0.25) is 5.02 Å². The summed E-state index contributed by atoms with van der Waals surface area (Å²) in [7, 11) is -1.67. The van der Waals surface area contributed by atoms with E-state index in [0.29, 0.717) is 26.2 Å². The van der Waals surface area contributed by atoms with Crippen molar-refractivity contribution in [2.75, 3.05) is 38.5 Å². The average molecular weight is 426 g/mol. The van der Waals surface area contributed by atoms with Crippen molar-refractivity contribution in [2.24, 2.45) is 0 Å². The largest absolute Gasteiger partial charge is 0.321 e. The fraction of sp³-hybridized carbons (Fsp3) is 0.278. The first-order valence-corrected chi connectivity index (χ1v) is 11.1. The molecular weight excluding hydrogens is 406 g/mol. The van der Waals surface area contributed by atoms with Crippen LogP contribution in [-0.2, 0) is 14.8 Å². The molecule has 27 heavy (non-hydrogen) atoms. The lowest BCUT2D eigenvalue weighted by Crippen LogP contribution is -2.47. The van der Waals surface area contributed by atoms with Gasteiger partial charge in [-0.05, 0) is 42.8 Å². The number of likely N-dealkylation sites (N-methyl/N-ethyl adjacent to an activating group) is 1. The van der Waals surface area contributed by atoms with E-state index >= 15 is 0 Å². The van der Waals surface area contributed by atoms with Gasteiger partial charge in [-0.2, -0.15) is 4.31 Å². The molecule has 0 unspecified atom stereocenters. The molecule has 1 saturated heterocycles. The Kier molecular flexibility index (Phi) is 6.33. The standard InChI is InChI=1S/C18H20ClN3O3S2/c1-21-8-10-22(11-9-21)27(24,25)15-5-6-16(19)17(13-15)20-18(23)7-4-14-3-2-12-26-14/h2-7,12-13H,8-11H2,1H3,(H,20,23). The van der Waals surface area contributed by atoms with Crippen molar-refractivity contribution in [1.29, 1.82) is 0 Å². The maximum Gasteiger partial charge on any atom is 0.248 e. The molecule has 0 radical (unpaired) electrons. The van der Waals surface area contributed by atoms with Gasteiger partial charge in [0.1, 0.15) is 0 Å². The third-order valence-corrected chi connectivity index (χ3v) is 7.30. The SMILES string of the molecule is CN1CCN(S(=O)(=O)c2ccc(Cl)c(NC(=O)C=Cc3cccs3)c2)CC1. The van der Waals surface area contributed by atoms with E-state index in [1.54, 1.807) is 6.08 Å². The highest BCUT2D eigenvalue weighted by atomic mass is 35.5. The minimum absolute atomic E-state index is 0.119. The van der Waals surface area contributed by atoms with Gasteiger partial charge in [-0.3, -0.25) is 4.79 Å². The number of hydrogen-bond donors (Lipinski definition) is 1. The minimum atomic E-state index is -3.63. The lowest BCUT2D eigenvalue weighted by molar-refractivity contribution is -0.111. The smallest absolute Gasteiger partial charge is 0.248 e. The van der Waals surface area contributed by atoms with Crippen molar-refractivity contribution < 1.29 is 13.2 Å². The Hall–Kier alpha value is -1.71. The molecule has 9 heteroatoms. The molecule has 2 heterocycles. The van der Waals surface area contributed by atoms with Crippen molar-refractivity contribution in [3.63, 3.8) is 0 Å². The number of amides is 1. The topological polar surface area (TPSA) is 69.7 Å². The normalized spacial score (nSPS) is 16.7. The quantitative estimate of drug-likeness (QED) is 0.747. The fourth-order valence-electron chi connectivity index (χ4n) is 2.66. The first-order chi connectivity index (χ1) is 12.9. The Balaban J connectivity index is 1.76. The highest BCUT2D eigenvalue weighted by Gasteiger charge is 2.28. The van der Waals surface area contributed by atoms with Crippen LogP contribution in [0.25, 0.3) is 6.08 Å². The van der Waals surface area contributed by atoms with E-state index in [-0.39, 0.29) is 21.5 Å². The number of anilines is 1. The van der Waals surface area contributed by atoms with Gasteiger partial charge < -0.3 is 10.2 Å². The highest BCUT2D eigenvalue weighted by molar-refractivity contribution is 7.89. The second-order valence-electron chi connectivity index (χ2n) is 6.19. The number of hydrogen-bond acceptors (Lipinski definition) is 5. The summed E-state index contributed by atoms with van der Waals surface area (Å²) in [4.78, 5) is 15.3. The Labute approximate surface area is 168 Å². The van der Waals surface area contributed by atoms with E-state index in [1.807, 2.05) is 24.6 Å². The van der Waals surface area contributed by atoms with Crippen LogP contribution in [0.5, 0.6) is 0 Å². The summed E-state index contributed by atoms with van der Waals surface area (Å²) >= 11 is 7.66. The second kappa shape index (κ2) is 8.53. The number of piperazine rings is 1. The number of sulfonamides is 1. The van der Waals surface area contributed by atoms with Gasteiger partial charge in [-0.15, -0.1) is 11.3 Å². The number of carbonyl (C=O) groups is 1. The van der Waals surface area contributed by atoms with E-state index in [9.17, 15) is 13.2 Å². The Morgan fingerprint density at radius 2 is 1.96 bits per heavy atom. The molecule has 1 fully saturated rings. The van der Waals surface area contributed by atoms with Crippen molar-refractivity contribution in [1.82, 2.24) is 9.21 Å². The van der Waals surface area contributed by atoms with E-state index < -0.39 is 10.0 Å². The molecule has 1 N–H and O–H groups in total. The Bertz CT molecular complexity index is 935. The van der Waals surface area contributed by atoms with Crippen LogP contribution in [0, 0.1) is 0 Å². The van der Waals surface area contributed by atoms with Crippen LogP contribution < -0.4 is 5.32 Å². The first kappa shape index (κ1) is 20.0. The van der Waals surface area contributed by atoms with Crippen LogP contribution in [0.1, 0.15) is 4.88 Å². The van der Waals surface area contributed by atoms with Crippen LogP contribution in [0.15, 0.2) is 46.7 Å². The molecule has 1 aromatic heterocycles. The van der Waals surface area contributed by atoms with Gasteiger partial charge in [-0.25, -0.2) is 8.42 Å². The zero-order valence-electron chi connectivity index (χ0n) is 14.8. The van der Waals surface area contributed by atoms with Crippen LogP contribution in [0.3, 0.4) is 0 Å². The summed E-state index contributed by atoms with van der Waals surface area (Å²) in [6, 6.07) is 8.15. The minimum Gasteiger partial charge on any atom is -0.321 e. The molecule has 0 bridgehead atoms. The first-order valence-electron chi connectivity index (χ1n) is 8.37. The summed E-state index contributed by atoms with van der Waals surface area (Å²) in [5.41, 5.74) is 0.271. The predicted molar refractivity (Wildman–Crippen MR) is 110 cm³/mol. The van der Waals surface area contributed by atoms with Crippen molar-refractivity contribution in [3.8, 4) is 0 Å². The fourth-order valence-corrected chi connectivity index (χ4v) is 4.89. The van der Waals surface area contributed by atoms with Gasteiger partial charge in [0.15, 0.2) is 0 Å². The molecule has 6 nitrogen and oxygen atoms in total. The number of rotatable bonds is 5. The Morgan fingerprint density at radius 3 is 2.63 bits per heavy atom. The lowest BCUT2D eigenvalue weighted by atomic mass is 10.3. The predicted octanol–water partition coefficient (Wildman–Crippen LogP) is 2.99. The lowest BCUT2D eigenvalue weighted by Gasteiger charge is -2.31. The molecular formula is C18H20ClN3O3S2. The monoisotopic (exact) mass is 425 g/mol. The van der Waals surface area contributed by atoms with Gasteiger partial charge in [-0.1, -0.05) is 17.7 Å². The van der Waals surface area contributed by atoms with Crippen LogP contribution in [0.4, 0.5) is 5.69 Å². The summed E-state index contributed by atoms with van der Waals surface area (Å²) in [6.07, 6.45) is 3.09. The zero-order valence-corrected chi connectivity index (χ0v) is 17.1. The number of nitrogens with zero attached hydrogens (tertiary/aromatic N) is 2. The maximum atomic E-state index is 12.9. The van der Waals surface area contributed by atoms with Crippen LogP contribution >= 0.6 is 22.9 Å². The molecule has 1 aromatic carbocycles. The Morgan fingerprint density at radius 1 is 1.22 bits per heavy atom. The van der Waals surface area contributed by atoms with Gasteiger partial charge in [0.2, 0.25) is 15.9 Å². The summed E-state index contributed by atoms with van der Waals surface area (Å²) in [5, 5.41) is 4.85. The summed E-state index contributed by atoms with van der Waals surface area (Å²) < 4.78 is 27.2. The number of halogens is 1. The van der Waals surface area contributed by atoms with E-state index in [4.69, 9.17) is 11.6 Å². The molecule has 3 rings (SSSR count). The third kappa shape index (κ3) is 4.97. The summed E-state index contributed by atoms with van der Waals surface area (Å²) in [6.45, 7) is 2.24. The molecule has 2 aromatic rings. The number of carbonyl (C=O) groups excluding carboxylic acids is 1. The summed E-state index contributed by atoms with van der Waals surface area (Å²) in [5.74, 6) is -0.376. The second-order valence-corrected chi connectivity index (χ2v) is 9.51. The van der Waals surface area contributed by atoms with Crippen molar-refractivity contribution in [2.45, 2.75) is 4.90 Å². The molecule has 144 valence electrons. The third-order valence-electron chi connectivity index (χ3n) is 4.24. The molecule has 0 saturated carbocycles. The molecule has 0 aliphatic carbocycles. The molecule has 0 atom stereocenters. The zero-order chi connectivity index (χ0) is 19.4. The number of nitrogens with one attached hydrogen (secondary N) is 1. The highest BCUT2D eigenvalue weighted by Crippen LogP contribution is 2.27. The molecule has 0 spiro atoms. The number of benzene rings is 1. The van der Waals surface area contributed by atoms with Gasteiger partial charge in [0.05, 0.1) is 15.6 Å². The molecule has 1 amide bonds. The van der Waals surface area contributed by atoms with Gasteiger partial charge in [0.25, 0.3) is 0 Å². The number of thiophene rings is 1.